The predicted octanol–water partition coefficient (Wildman–Crippen LogP) is 2.47. The molecule has 0 aliphatic heterocycles. The van der Waals surface area contributed by atoms with E-state index in [9.17, 15) is 4.79 Å². The minimum atomic E-state index is 0.271. The Morgan fingerprint density at radius 3 is 2.82 bits per heavy atom. The summed E-state index contributed by atoms with van der Waals surface area (Å²) in [7, 11) is 1.68. The van der Waals surface area contributed by atoms with Gasteiger partial charge in [0.15, 0.2) is 0 Å². The summed E-state index contributed by atoms with van der Waals surface area (Å²) in [6.45, 7) is 6.45. The number of methoxy groups -OCH3 is 1. The van der Waals surface area contributed by atoms with Gasteiger partial charge in [0.1, 0.15) is 0 Å². The van der Waals surface area contributed by atoms with E-state index in [1.807, 2.05) is 4.90 Å². The van der Waals surface area contributed by atoms with Crippen molar-refractivity contribution in [3.8, 4) is 0 Å². The lowest BCUT2D eigenvalue weighted by molar-refractivity contribution is -0.133. The minimum absolute atomic E-state index is 0.271. The topological polar surface area (TPSA) is 29.5 Å². The predicted molar refractivity (Wildman–Crippen MR) is 69.8 cm³/mol. The lowest BCUT2D eigenvalue weighted by Gasteiger charge is -2.25. The number of carbonyl (C=O) groups excluding carboxylic acids is 1. The Kier molecular flexibility index (Phi) is 6.27. The largest absolute Gasteiger partial charge is 0.383 e. The van der Waals surface area contributed by atoms with Crippen LogP contribution in [0.15, 0.2) is 12.2 Å². The molecule has 0 bridgehead atoms. The van der Waals surface area contributed by atoms with Gasteiger partial charge in [-0.15, -0.1) is 0 Å². The van der Waals surface area contributed by atoms with Crippen molar-refractivity contribution in [2.75, 3.05) is 26.8 Å². The zero-order chi connectivity index (χ0) is 12.7. The van der Waals surface area contributed by atoms with E-state index in [-0.39, 0.29) is 5.91 Å². The van der Waals surface area contributed by atoms with Crippen molar-refractivity contribution in [2.45, 2.75) is 33.1 Å². The van der Waals surface area contributed by atoms with Crippen LogP contribution in [-0.4, -0.2) is 37.6 Å². The highest BCUT2D eigenvalue weighted by Crippen LogP contribution is 2.21. The van der Waals surface area contributed by atoms with Crippen molar-refractivity contribution in [1.29, 1.82) is 0 Å². The van der Waals surface area contributed by atoms with Crippen LogP contribution >= 0.6 is 0 Å². The zero-order valence-corrected chi connectivity index (χ0v) is 11.3. The molecule has 3 heteroatoms. The van der Waals surface area contributed by atoms with E-state index >= 15 is 0 Å². The third kappa shape index (κ3) is 5.35. The van der Waals surface area contributed by atoms with E-state index in [4.69, 9.17) is 4.74 Å². The third-order valence-corrected chi connectivity index (χ3v) is 3.05. The van der Waals surface area contributed by atoms with Gasteiger partial charge < -0.3 is 9.64 Å². The van der Waals surface area contributed by atoms with E-state index in [0.717, 1.165) is 19.4 Å². The van der Waals surface area contributed by atoms with Gasteiger partial charge in [0.25, 0.3) is 0 Å². The van der Waals surface area contributed by atoms with E-state index in [1.54, 1.807) is 7.11 Å². The van der Waals surface area contributed by atoms with Crippen LogP contribution in [0, 0.1) is 11.8 Å². The van der Waals surface area contributed by atoms with Gasteiger partial charge in [-0.05, 0) is 24.7 Å². The first-order chi connectivity index (χ1) is 8.13. The molecule has 3 nitrogen and oxygen atoms in total. The number of hydrogen-bond donors (Lipinski definition) is 0. The Hall–Kier alpha value is -0.830. The highest BCUT2D eigenvalue weighted by Gasteiger charge is 2.19. The maximum atomic E-state index is 12.2. The van der Waals surface area contributed by atoms with Crippen molar-refractivity contribution < 1.29 is 9.53 Å². The molecule has 1 rings (SSSR count). The average molecular weight is 239 g/mol. The number of nitrogens with zero attached hydrogens (tertiary/aromatic N) is 1. The molecule has 0 spiro atoms. The molecule has 0 heterocycles. The molecule has 98 valence electrons. The SMILES string of the molecule is COCCN(CC(C)C)C(=O)CC1C=CCC1. The summed E-state index contributed by atoms with van der Waals surface area (Å²) in [5, 5.41) is 0. The lowest BCUT2D eigenvalue weighted by atomic mass is 10.0. The molecule has 1 amide bonds. The van der Waals surface area contributed by atoms with Gasteiger partial charge in [-0.25, -0.2) is 0 Å². The molecular formula is C14H25NO2. The van der Waals surface area contributed by atoms with Gasteiger partial charge in [-0.3, -0.25) is 4.79 Å². The summed E-state index contributed by atoms with van der Waals surface area (Å²) in [4.78, 5) is 14.1. The van der Waals surface area contributed by atoms with Gasteiger partial charge in [-0.1, -0.05) is 26.0 Å². The van der Waals surface area contributed by atoms with Gasteiger partial charge in [-0.2, -0.15) is 0 Å². The summed E-state index contributed by atoms with van der Waals surface area (Å²) in [6, 6.07) is 0. The van der Waals surface area contributed by atoms with Crippen LogP contribution in [0.4, 0.5) is 0 Å². The summed E-state index contributed by atoms with van der Waals surface area (Å²) in [5.74, 6) is 1.24. The van der Waals surface area contributed by atoms with Crippen LogP contribution in [0.1, 0.15) is 33.1 Å². The molecule has 1 aliphatic rings. The third-order valence-electron chi connectivity index (χ3n) is 3.05. The summed E-state index contributed by atoms with van der Waals surface area (Å²) in [6.07, 6.45) is 7.28. The molecule has 0 saturated carbocycles. The molecule has 0 aromatic rings. The molecule has 1 atom stereocenters. The zero-order valence-electron chi connectivity index (χ0n) is 11.3. The van der Waals surface area contributed by atoms with Crippen molar-refractivity contribution in [1.82, 2.24) is 4.90 Å². The molecule has 0 radical (unpaired) electrons. The van der Waals surface area contributed by atoms with Crippen LogP contribution in [0.25, 0.3) is 0 Å². The van der Waals surface area contributed by atoms with Crippen LogP contribution in [-0.2, 0) is 9.53 Å². The summed E-state index contributed by atoms with van der Waals surface area (Å²) >= 11 is 0. The monoisotopic (exact) mass is 239 g/mol. The Morgan fingerprint density at radius 1 is 1.53 bits per heavy atom. The molecule has 0 saturated heterocycles. The smallest absolute Gasteiger partial charge is 0.223 e. The fourth-order valence-electron chi connectivity index (χ4n) is 2.18. The second-order valence-corrected chi connectivity index (χ2v) is 5.20. The van der Waals surface area contributed by atoms with Crippen LogP contribution < -0.4 is 0 Å². The van der Waals surface area contributed by atoms with E-state index < -0.39 is 0 Å². The quantitative estimate of drug-likeness (QED) is 0.639. The first-order valence-corrected chi connectivity index (χ1v) is 6.57. The van der Waals surface area contributed by atoms with Gasteiger partial charge in [0.05, 0.1) is 6.61 Å². The van der Waals surface area contributed by atoms with Gasteiger partial charge in [0.2, 0.25) is 5.91 Å². The maximum absolute atomic E-state index is 12.2. The van der Waals surface area contributed by atoms with Crippen LogP contribution in [0.5, 0.6) is 0 Å². The summed E-state index contributed by atoms with van der Waals surface area (Å²) in [5.41, 5.74) is 0. The second kappa shape index (κ2) is 7.49. The number of rotatable bonds is 7. The number of amides is 1. The van der Waals surface area contributed by atoms with Crippen molar-refractivity contribution in [3.63, 3.8) is 0 Å². The maximum Gasteiger partial charge on any atom is 0.223 e. The normalized spacial score (nSPS) is 18.9. The molecule has 0 aromatic heterocycles. The number of hydrogen-bond acceptors (Lipinski definition) is 2. The average Bonchev–Trinajstić information content (AvgIpc) is 2.76. The minimum Gasteiger partial charge on any atom is -0.383 e. The van der Waals surface area contributed by atoms with Gasteiger partial charge >= 0.3 is 0 Å². The van der Waals surface area contributed by atoms with Crippen LogP contribution in [0.3, 0.4) is 0 Å². The lowest BCUT2D eigenvalue weighted by Crippen LogP contribution is -2.37. The molecule has 0 N–H and O–H groups in total. The fraction of sp³-hybridized carbons (Fsp3) is 0.786. The van der Waals surface area contributed by atoms with E-state index in [0.29, 0.717) is 31.4 Å². The highest BCUT2D eigenvalue weighted by molar-refractivity contribution is 5.76. The Bertz CT molecular complexity index is 261. The molecule has 1 unspecified atom stereocenters. The number of ether oxygens (including phenoxy) is 1. The molecular weight excluding hydrogens is 214 g/mol. The first-order valence-electron chi connectivity index (χ1n) is 6.57. The van der Waals surface area contributed by atoms with Gasteiger partial charge in [0, 0.05) is 26.6 Å². The fourth-order valence-corrected chi connectivity index (χ4v) is 2.18. The molecule has 1 aliphatic carbocycles. The second-order valence-electron chi connectivity index (χ2n) is 5.20. The number of allylic oxidation sites excluding steroid dienone is 2. The standard InChI is InChI=1S/C14H25NO2/c1-12(2)11-15(8-9-17-3)14(16)10-13-6-4-5-7-13/h4,6,12-13H,5,7-11H2,1-3H3. The Balaban J connectivity index is 2.42. The molecule has 0 fully saturated rings. The molecule has 0 aromatic carbocycles. The van der Waals surface area contributed by atoms with E-state index in [1.165, 1.54) is 0 Å². The number of carbonyl (C=O) groups is 1. The first kappa shape index (κ1) is 14.2. The highest BCUT2D eigenvalue weighted by atomic mass is 16.5. The van der Waals surface area contributed by atoms with Crippen LogP contribution in [0.2, 0.25) is 0 Å². The van der Waals surface area contributed by atoms with Crippen molar-refractivity contribution >= 4 is 5.91 Å². The Morgan fingerprint density at radius 2 is 2.29 bits per heavy atom. The summed E-state index contributed by atoms with van der Waals surface area (Å²) < 4.78 is 5.07. The van der Waals surface area contributed by atoms with Crippen molar-refractivity contribution in [2.24, 2.45) is 11.8 Å². The molecule has 17 heavy (non-hydrogen) atoms. The van der Waals surface area contributed by atoms with Crippen molar-refractivity contribution in [3.05, 3.63) is 12.2 Å². The van der Waals surface area contributed by atoms with E-state index in [2.05, 4.69) is 26.0 Å². The Labute approximate surface area is 105 Å².